The average molecular weight is 274 g/mol. The van der Waals surface area contributed by atoms with Gasteiger partial charge >= 0.3 is 0 Å². The first kappa shape index (κ1) is 11.8. The van der Waals surface area contributed by atoms with Crippen LogP contribution in [0.15, 0.2) is 18.2 Å². The molecule has 2 unspecified atom stereocenters. The summed E-state index contributed by atoms with van der Waals surface area (Å²) in [4.78, 5) is 0. The number of alkyl halides is 2. The van der Waals surface area contributed by atoms with Gasteiger partial charge in [0.15, 0.2) is 0 Å². The summed E-state index contributed by atoms with van der Waals surface area (Å²) in [5.41, 5.74) is 0.164. The van der Waals surface area contributed by atoms with E-state index in [0.29, 0.717) is 35.1 Å². The number of nitrogens with zero attached hydrogens (tertiary/aromatic N) is 2. The molecule has 0 bridgehead atoms. The van der Waals surface area contributed by atoms with Crippen LogP contribution < -0.4 is 5.32 Å². The molecule has 1 saturated carbocycles. The van der Waals surface area contributed by atoms with Gasteiger partial charge in [0, 0.05) is 17.8 Å². The van der Waals surface area contributed by atoms with E-state index in [-0.39, 0.29) is 6.54 Å². The van der Waals surface area contributed by atoms with E-state index in [4.69, 9.17) is 5.26 Å². The lowest BCUT2D eigenvalue weighted by Crippen LogP contribution is -2.36. The van der Waals surface area contributed by atoms with Gasteiger partial charge in [-0.05, 0) is 19.0 Å². The smallest absolute Gasteiger partial charge is 0.264 e. The molecule has 2 aromatic rings. The predicted molar refractivity (Wildman–Crippen MR) is 68.4 cm³/mol. The SMILES string of the molecule is N#Cc1cccc2c(C34CNCCC3C4(F)F)[nH]nc12. The summed E-state index contributed by atoms with van der Waals surface area (Å²) < 4.78 is 28.6. The fraction of sp³-hybridized carbons (Fsp3) is 0.429. The number of hydrogen-bond donors (Lipinski definition) is 2. The number of nitrogens with one attached hydrogen (secondary N) is 2. The van der Waals surface area contributed by atoms with Crippen LogP contribution in [-0.4, -0.2) is 29.2 Å². The lowest BCUT2D eigenvalue weighted by atomic mass is 9.92. The number of H-pyrrole nitrogens is 1. The van der Waals surface area contributed by atoms with Gasteiger partial charge in [-0.25, -0.2) is 8.78 Å². The molecule has 1 aromatic heterocycles. The molecule has 2 atom stereocenters. The minimum Gasteiger partial charge on any atom is -0.316 e. The normalized spacial score (nSPS) is 30.8. The number of aromatic nitrogens is 2. The van der Waals surface area contributed by atoms with Crippen molar-refractivity contribution in [1.29, 1.82) is 5.26 Å². The Bertz CT molecular complexity index is 745. The van der Waals surface area contributed by atoms with Gasteiger partial charge in [-0.2, -0.15) is 10.4 Å². The first-order valence-corrected chi connectivity index (χ1v) is 6.59. The molecular formula is C14H12F2N4. The summed E-state index contributed by atoms with van der Waals surface area (Å²) in [6.07, 6.45) is 0.464. The molecule has 1 aliphatic carbocycles. The highest BCUT2D eigenvalue weighted by Crippen LogP contribution is 2.69. The van der Waals surface area contributed by atoms with E-state index in [1.54, 1.807) is 18.2 Å². The van der Waals surface area contributed by atoms with Crippen molar-refractivity contribution < 1.29 is 8.78 Å². The van der Waals surface area contributed by atoms with Crippen molar-refractivity contribution in [1.82, 2.24) is 15.5 Å². The molecule has 0 amide bonds. The van der Waals surface area contributed by atoms with E-state index in [0.717, 1.165) is 0 Å². The number of fused-ring (bicyclic) bond motifs is 2. The molecule has 4 nitrogen and oxygen atoms in total. The number of aromatic amines is 1. The number of para-hydroxylation sites is 1. The Morgan fingerprint density at radius 2 is 2.25 bits per heavy atom. The molecular weight excluding hydrogens is 262 g/mol. The third kappa shape index (κ3) is 1.15. The zero-order chi connectivity index (χ0) is 14.0. The molecule has 2 fully saturated rings. The van der Waals surface area contributed by atoms with Crippen LogP contribution in [0.1, 0.15) is 17.7 Å². The summed E-state index contributed by atoms with van der Waals surface area (Å²) in [5, 5.41) is 19.6. The first-order valence-electron chi connectivity index (χ1n) is 6.59. The standard InChI is InChI=1S/C14H12F2N4/c15-14(16)10-4-5-18-7-13(10,14)12-9-3-1-2-8(6-17)11(9)19-20-12/h1-3,10,18H,4-5,7H2,(H,19,20). The number of nitriles is 1. The van der Waals surface area contributed by atoms with Crippen molar-refractivity contribution in [3.05, 3.63) is 29.5 Å². The molecule has 0 spiro atoms. The zero-order valence-corrected chi connectivity index (χ0v) is 10.6. The first-order chi connectivity index (χ1) is 9.63. The number of benzene rings is 1. The van der Waals surface area contributed by atoms with Crippen LogP contribution in [0, 0.1) is 17.2 Å². The van der Waals surface area contributed by atoms with Gasteiger partial charge in [-0.1, -0.05) is 12.1 Å². The summed E-state index contributed by atoms with van der Waals surface area (Å²) in [6, 6.07) is 7.16. The maximum Gasteiger partial charge on any atom is 0.264 e. The van der Waals surface area contributed by atoms with Gasteiger partial charge in [0.25, 0.3) is 5.92 Å². The fourth-order valence-electron chi connectivity index (χ4n) is 3.63. The number of hydrogen-bond acceptors (Lipinski definition) is 3. The molecule has 1 aromatic carbocycles. The van der Waals surface area contributed by atoms with E-state index in [2.05, 4.69) is 15.5 Å². The Balaban J connectivity index is 1.94. The summed E-state index contributed by atoms with van der Waals surface area (Å²) in [7, 11) is 0. The van der Waals surface area contributed by atoms with Crippen molar-refractivity contribution in [3.63, 3.8) is 0 Å². The van der Waals surface area contributed by atoms with Crippen LogP contribution in [0.3, 0.4) is 0 Å². The van der Waals surface area contributed by atoms with E-state index in [1.165, 1.54) is 0 Å². The van der Waals surface area contributed by atoms with E-state index in [9.17, 15) is 8.78 Å². The van der Waals surface area contributed by atoms with Crippen LogP contribution in [-0.2, 0) is 5.41 Å². The van der Waals surface area contributed by atoms with Crippen molar-refractivity contribution in [2.75, 3.05) is 13.1 Å². The topological polar surface area (TPSA) is 64.5 Å². The quantitative estimate of drug-likeness (QED) is 0.835. The number of halogens is 2. The number of rotatable bonds is 1. The van der Waals surface area contributed by atoms with Gasteiger partial charge in [0.05, 0.1) is 16.7 Å². The minimum atomic E-state index is -2.71. The van der Waals surface area contributed by atoms with Gasteiger partial charge < -0.3 is 5.32 Å². The van der Waals surface area contributed by atoms with Crippen LogP contribution in [0.25, 0.3) is 10.9 Å². The molecule has 6 heteroatoms. The highest BCUT2D eigenvalue weighted by molar-refractivity contribution is 5.88. The second-order valence-corrected chi connectivity index (χ2v) is 5.52. The molecule has 1 saturated heterocycles. The van der Waals surface area contributed by atoms with E-state index >= 15 is 0 Å². The second kappa shape index (κ2) is 3.55. The maximum absolute atomic E-state index is 14.3. The molecule has 102 valence electrons. The molecule has 1 aliphatic heterocycles. The predicted octanol–water partition coefficient (Wildman–Crippen LogP) is 1.93. The van der Waals surface area contributed by atoms with E-state index in [1.807, 2.05) is 6.07 Å². The van der Waals surface area contributed by atoms with Crippen molar-refractivity contribution in [3.8, 4) is 6.07 Å². The third-order valence-electron chi connectivity index (χ3n) is 4.71. The van der Waals surface area contributed by atoms with Crippen LogP contribution in [0.4, 0.5) is 8.78 Å². The molecule has 0 radical (unpaired) electrons. The van der Waals surface area contributed by atoms with Gasteiger partial charge in [0.1, 0.15) is 11.6 Å². The van der Waals surface area contributed by atoms with Gasteiger partial charge in [0.2, 0.25) is 0 Å². The maximum atomic E-state index is 14.3. The second-order valence-electron chi connectivity index (χ2n) is 5.52. The Kier molecular flexibility index (Phi) is 2.10. The minimum absolute atomic E-state index is 0.249. The fourth-order valence-corrected chi connectivity index (χ4v) is 3.63. The summed E-state index contributed by atoms with van der Waals surface area (Å²) in [6.45, 7) is 0.871. The van der Waals surface area contributed by atoms with Gasteiger partial charge in [-0.15, -0.1) is 0 Å². The molecule has 2 heterocycles. The largest absolute Gasteiger partial charge is 0.316 e. The summed E-state index contributed by atoms with van der Waals surface area (Å²) >= 11 is 0. The molecule has 2 N–H and O–H groups in total. The zero-order valence-electron chi connectivity index (χ0n) is 10.6. The van der Waals surface area contributed by atoms with Crippen molar-refractivity contribution in [2.45, 2.75) is 17.8 Å². The van der Waals surface area contributed by atoms with Crippen LogP contribution in [0.2, 0.25) is 0 Å². The lowest BCUT2D eigenvalue weighted by Gasteiger charge is -2.20. The van der Waals surface area contributed by atoms with Crippen molar-refractivity contribution in [2.24, 2.45) is 5.92 Å². The average Bonchev–Trinajstić information content (AvgIpc) is 2.80. The van der Waals surface area contributed by atoms with E-state index < -0.39 is 17.3 Å². The third-order valence-corrected chi connectivity index (χ3v) is 4.71. The summed E-state index contributed by atoms with van der Waals surface area (Å²) in [5.74, 6) is -3.34. The highest BCUT2D eigenvalue weighted by atomic mass is 19.3. The number of piperidine rings is 1. The Labute approximate surface area is 113 Å². The lowest BCUT2D eigenvalue weighted by molar-refractivity contribution is 0.0782. The van der Waals surface area contributed by atoms with Crippen LogP contribution in [0.5, 0.6) is 0 Å². The molecule has 20 heavy (non-hydrogen) atoms. The Hall–Kier alpha value is -2.00. The Morgan fingerprint density at radius 3 is 3.00 bits per heavy atom. The monoisotopic (exact) mass is 274 g/mol. The highest BCUT2D eigenvalue weighted by Gasteiger charge is 2.82. The Morgan fingerprint density at radius 1 is 1.40 bits per heavy atom. The molecule has 4 rings (SSSR count). The van der Waals surface area contributed by atoms with Gasteiger partial charge in [-0.3, -0.25) is 5.10 Å². The van der Waals surface area contributed by atoms with Crippen LogP contribution >= 0.6 is 0 Å². The molecule has 2 aliphatic rings. The van der Waals surface area contributed by atoms with Crippen molar-refractivity contribution >= 4 is 10.9 Å².